The molecule has 2 unspecified atom stereocenters. The third kappa shape index (κ3) is 3.04. The van der Waals surface area contributed by atoms with Gasteiger partial charge in [-0.2, -0.15) is 0 Å². The van der Waals surface area contributed by atoms with Gasteiger partial charge in [0, 0.05) is 10.9 Å². The summed E-state index contributed by atoms with van der Waals surface area (Å²) in [6.45, 7) is 0. The number of hydrogen-bond donors (Lipinski definition) is 1. The molecule has 104 valence electrons. The Hall–Kier alpha value is -1.35. The summed E-state index contributed by atoms with van der Waals surface area (Å²) in [6, 6.07) is 14.8. The van der Waals surface area contributed by atoms with Gasteiger partial charge in [0.15, 0.2) is 0 Å². The van der Waals surface area contributed by atoms with E-state index in [2.05, 4.69) is 45.5 Å². The maximum absolute atomic E-state index is 12.1. The number of fused-ring (bicyclic) bond motifs is 1. The Morgan fingerprint density at radius 2 is 1.95 bits per heavy atom. The molecule has 0 bridgehead atoms. The molecule has 0 radical (unpaired) electrons. The zero-order valence-electron chi connectivity index (χ0n) is 11.3. The summed E-state index contributed by atoms with van der Waals surface area (Å²) in [5.74, 6) is 0.122. The van der Waals surface area contributed by atoms with Crippen molar-refractivity contribution in [2.75, 3.05) is 0 Å². The molecule has 2 atom stereocenters. The maximum Gasteiger partial charge on any atom is 0.224 e. The third-order valence-corrected chi connectivity index (χ3v) is 5.05. The summed E-state index contributed by atoms with van der Waals surface area (Å²) in [4.78, 5) is 12.6. The van der Waals surface area contributed by atoms with E-state index in [1.54, 1.807) is 0 Å². The number of hydrogen-bond acceptors (Lipinski definition) is 1. The minimum Gasteiger partial charge on any atom is -0.352 e. The van der Waals surface area contributed by atoms with E-state index in [0.29, 0.717) is 17.3 Å². The lowest BCUT2D eigenvalue weighted by Gasteiger charge is -2.16. The van der Waals surface area contributed by atoms with Crippen molar-refractivity contribution < 1.29 is 4.79 Å². The second kappa shape index (κ2) is 5.96. The van der Waals surface area contributed by atoms with Crippen LogP contribution in [0.2, 0.25) is 0 Å². The fourth-order valence-corrected chi connectivity index (χ4v) is 3.59. The van der Waals surface area contributed by atoms with E-state index < -0.39 is 0 Å². The van der Waals surface area contributed by atoms with Crippen LogP contribution in [0.25, 0.3) is 10.8 Å². The van der Waals surface area contributed by atoms with Gasteiger partial charge in [-0.1, -0.05) is 64.8 Å². The van der Waals surface area contributed by atoms with Crippen LogP contribution < -0.4 is 5.32 Å². The number of benzene rings is 2. The molecule has 1 amide bonds. The standard InChI is InChI=1S/C17H18BrNO/c18-15-6-3-7-16(15)19-17(20)11-12-8-9-13-4-1-2-5-14(13)10-12/h1-2,4-5,8-10,15-16H,3,6-7,11H2,(H,19,20). The Labute approximate surface area is 127 Å². The summed E-state index contributed by atoms with van der Waals surface area (Å²) in [6.07, 6.45) is 3.89. The van der Waals surface area contributed by atoms with E-state index in [1.165, 1.54) is 17.2 Å². The zero-order valence-corrected chi connectivity index (χ0v) is 12.9. The number of alkyl halides is 1. The van der Waals surface area contributed by atoms with E-state index in [0.717, 1.165) is 18.4 Å². The van der Waals surface area contributed by atoms with Crippen molar-refractivity contribution >= 4 is 32.6 Å². The average molecular weight is 332 g/mol. The van der Waals surface area contributed by atoms with Gasteiger partial charge in [-0.05, 0) is 29.2 Å². The second-order valence-corrected chi connectivity index (χ2v) is 6.66. The van der Waals surface area contributed by atoms with Crippen LogP contribution in [0.3, 0.4) is 0 Å². The van der Waals surface area contributed by atoms with E-state index in [-0.39, 0.29) is 5.91 Å². The summed E-state index contributed by atoms with van der Waals surface area (Å²) < 4.78 is 0. The minimum absolute atomic E-state index is 0.122. The molecule has 1 aliphatic carbocycles. The predicted octanol–water partition coefficient (Wildman–Crippen LogP) is 3.81. The summed E-state index contributed by atoms with van der Waals surface area (Å²) >= 11 is 3.64. The van der Waals surface area contributed by atoms with Crippen molar-refractivity contribution in [1.82, 2.24) is 5.32 Å². The first-order valence-corrected chi connectivity index (χ1v) is 8.05. The molecule has 2 aromatic rings. The molecule has 1 saturated carbocycles. The number of carbonyl (C=O) groups excluding carboxylic acids is 1. The Kier molecular flexibility index (Phi) is 4.06. The van der Waals surface area contributed by atoms with Crippen molar-refractivity contribution in [2.24, 2.45) is 0 Å². The molecule has 2 nitrogen and oxygen atoms in total. The molecule has 0 saturated heterocycles. The Morgan fingerprint density at radius 3 is 2.70 bits per heavy atom. The molecule has 3 rings (SSSR count). The van der Waals surface area contributed by atoms with Crippen LogP contribution in [0.15, 0.2) is 42.5 Å². The summed E-state index contributed by atoms with van der Waals surface area (Å²) in [5.41, 5.74) is 1.07. The van der Waals surface area contributed by atoms with Gasteiger partial charge in [0.1, 0.15) is 0 Å². The van der Waals surface area contributed by atoms with Gasteiger partial charge in [0.25, 0.3) is 0 Å². The first-order valence-electron chi connectivity index (χ1n) is 7.13. The van der Waals surface area contributed by atoms with Crippen LogP contribution in [-0.4, -0.2) is 16.8 Å². The summed E-state index contributed by atoms with van der Waals surface area (Å²) in [7, 11) is 0. The van der Waals surface area contributed by atoms with E-state index >= 15 is 0 Å². The number of rotatable bonds is 3. The van der Waals surface area contributed by atoms with Crippen molar-refractivity contribution in [3.63, 3.8) is 0 Å². The number of nitrogens with one attached hydrogen (secondary N) is 1. The third-order valence-electron chi connectivity index (χ3n) is 3.96. The number of amides is 1. The second-order valence-electron chi connectivity index (χ2n) is 5.48. The highest BCUT2D eigenvalue weighted by atomic mass is 79.9. The molecular weight excluding hydrogens is 314 g/mol. The lowest BCUT2D eigenvalue weighted by atomic mass is 10.0. The van der Waals surface area contributed by atoms with Gasteiger partial charge in [-0.25, -0.2) is 0 Å². The molecule has 0 aromatic heterocycles. The molecule has 20 heavy (non-hydrogen) atoms. The van der Waals surface area contributed by atoms with Crippen molar-refractivity contribution in [2.45, 2.75) is 36.6 Å². The largest absolute Gasteiger partial charge is 0.352 e. The molecular formula is C17H18BrNO. The average Bonchev–Trinajstić information content (AvgIpc) is 2.84. The van der Waals surface area contributed by atoms with Gasteiger partial charge in [0.05, 0.1) is 6.42 Å². The lowest BCUT2D eigenvalue weighted by molar-refractivity contribution is -0.121. The highest BCUT2D eigenvalue weighted by Gasteiger charge is 2.25. The van der Waals surface area contributed by atoms with Crippen molar-refractivity contribution in [3.05, 3.63) is 48.0 Å². The highest BCUT2D eigenvalue weighted by Crippen LogP contribution is 2.25. The van der Waals surface area contributed by atoms with Crippen LogP contribution >= 0.6 is 15.9 Å². The first-order chi connectivity index (χ1) is 9.72. The minimum atomic E-state index is 0.122. The van der Waals surface area contributed by atoms with Crippen molar-refractivity contribution in [3.8, 4) is 0 Å². The van der Waals surface area contributed by atoms with Crippen molar-refractivity contribution in [1.29, 1.82) is 0 Å². The summed E-state index contributed by atoms with van der Waals surface area (Å²) in [5, 5.41) is 5.55. The van der Waals surface area contributed by atoms with E-state index in [1.807, 2.05) is 18.2 Å². The molecule has 0 aliphatic heterocycles. The van der Waals surface area contributed by atoms with E-state index in [9.17, 15) is 4.79 Å². The Balaban J connectivity index is 1.67. The monoisotopic (exact) mass is 331 g/mol. The van der Waals surface area contributed by atoms with Gasteiger partial charge in [-0.15, -0.1) is 0 Å². The topological polar surface area (TPSA) is 29.1 Å². The predicted molar refractivity (Wildman–Crippen MR) is 86.1 cm³/mol. The molecule has 1 aliphatic rings. The molecule has 1 fully saturated rings. The van der Waals surface area contributed by atoms with Gasteiger partial charge in [0.2, 0.25) is 5.91 Å². The SMILES string of the molecule is O=C(Cc1ccc2ccccc2c1)NC1CCCC1Br. The quantitative estimate of drug-likeness (QED) is 0.851. The lowest BCUT2D eigenvalue weighted by Crippen LogP contribution is -2.38. The Bertz CT molecular complexity index is 625. The molecule has 3 heteroatoms. The molecule has 1 N–H and O–H groups in total. The molecule has 0 spiro atoms. The van der Waals surface area contributed by atoms with Crippen LogP contribution in [-0.2, 0) is 11.2 Å². The number of carbonyl (C=O) groups is 1. The van der Waals surface area contributed by atoms with Crippen LogP contribution in [0.5, 0.6) is 0 Å². The van der Waals surface area contributed by atoms with Gasteiger partial charge in [-0.3, -0.25) is 4.79 Å². The zero-order chi connectivity index (χ0) is 13.9. The van der Waals surface area contributed by atoms with Crippen LogP contribution in [0.1, 0.15) is 24.8 Å². The fourth-order valence-electron chi connectivity index (χ4n) is 2.87. The highest BCUT2D eigenvalue weighted by molar-refractivity contribution is 9.09. The maximum atomic E-state index is 12.1. The van der Waals surface area contributed by atoms with E-state index in [4.69, 9.17) is 0 Å². The van der Waals surface area contributed by atoms with Crippen LogP contribution in [0, 0.1) is 0 Å². The Morgan fingerprint density at radius 1 is 1.15 bits per heavy atom. The normalized spacial score (nSPS) is 22.1. The fraction of sp³-hybridized carbons (Fsp3) is 0.353. The molecule has 0 heterocycles. The van der Waals surface area contributed by atoms with Gasteiger partial charge < -0.3 is 5.32 Å². The first kappa shape index (κ1) is 13.6. The van der Waals surface area contributed by atoms with Gasteiger partial charge >= 0.3 is 0 Å². The van der Waals surface area contributed by atoms with Crippen LogP contribution in [0.4, 0.5) is 0 Å². The number of halogens is 1. The molecule has 2 aromatic carbocycles. The smallest absolute Gasteiger partial charge is 0.224 e.